The van der Waals surface area contributed by atoms with Crippen molar-refractivity contribution in [2.45, 2.75) is 13.5 Å². The Morgan fingerprint density at radius 2 is 1.68 bits per heavy atom. The number of carbonyl (C=O) groups excluding carboxylic acids is 2. The Balaban J connectivity index is 1.73. The number of hydrogen-bond donors (Lipinski definition) is 1. The second-order valence-corrected chi connectivity index (χ2v) is 6.09. The Kier molecular flexibility index (Phi) is 6.36. The fourth-order valence-corrected chi connectivity index (χ4v) is 2.64. The minimum absolute atomic E-state index is 0.114. The Labute approximate surface area is 163 Å². The number of hydrogen-bond acceptors (Lipinski definition) is 4. The molecule has 1 N–H and O–H groups in total. The number of anilines is 1. The van der Waals surface area contributed by atoms with Crippen molar-refractivity contribution in [3.8, 4) is 11.5 Å². The molecule has 0 saturated carbocycles. The molecule has 2 amide bonds. The van der Waals surface area contributed by atoms with E-state index in [1.54, 1.807) is 24.4 Å². The Morgan fingerprint density at radius 3 is 2.39 bits per heavy atom. The molecule has 0 fully saturated rings. The molecule has 6 heteroatoms. The second-order valence-electron chi connectivity index (χ2n) is 6.09. The summed E-state index contributed by atoms with van der Waals surface area (Å²) in [6.45, 7) is 1.61. The van der Waals surface area contributed by atoms with Crippen LogP contribution in [-0.2, 0) is 16.1 Å². The van der Waals surface area contributed by atoms with Crippen LogP contribution in [0.15, 0.2) is 79.0 Å². The molecular weight excluding hydrogens is 354 g/mol. The van der Waals surface area contributed by atoms with E-state index in [2.05, 4.69) is 10.3 Å². The summed E-state index contributed by atoms with van der Waals surface area (Å²) in [5.74, 6) is 0.618. The number of rotatable bonds is 7. The van der Waals surface area contributed by atoms with Gasteiger partial charge in [-0.2, -0.15) is 0 Å². The van der Waals surface area contributed by atoms with Crippen LogP contribution in [0.25, 0.3) is 0 Å². The molecule has 2 aromatic carbocycles. The zero-order valence-electron chi connectivity index (χ0n) is 15.5. The number of ether oxygens (including phenoxy) is 1. The van der Waals surface area contributed by atoms with Crippen LogP contribution in [0.2, 0.25) is 0 Å². The van der Waals surface area contributed by atoms with Gasteiger partial charge in [0.1, 0.15) is 12.3 Å². The monoisotopic (exact) mass is 375 g/mol. The van der Waals surface area contributed by atoms with Crippen LogP contribution in [0.1, 0.15) is 12.6 Å². The van der Waals surface area contributed by atoms with Crippen molar-refractivity contribution in [3.63, 3.8) is 0 Å². The van der Waals surface area contributed by atoms with Crippen molar-refractivity contribution in [1.29, 1.82) is 0 Å². The van der Waals surface area contributed by atoms with Crippen molar-refractivity contribution in [3.05, 3.63) is 84.7 Å². The lowest BCUT2D eigenvalue weighted by Gasteiger charge is -2.23. The molecule has 1 aromatic heterocycles. The van der Waals surface area contributed by atoms with Crippen LogP contribution in [0.3, 0.4) is 0 Å². The first kappa shape index (κ1) is 19.1. The molecular formula is C22H21N3O3. The predicted octanol–water partition coefficient (Wildman–Crippen LogP) is 3.54. The third-order valence-electron chi connectivity index (χ3n) is 4.00. The maximum atomic E-state index is 12.4. The van der Waals surface area contributed by atoms with Crippen LogP contribution in [-0.4, -0.2) is 23.3 Å². The summed E-state index contributed by atoms with van der Waals surface area (Å²) in [5, 5.41) is 2.79. The second kappa shape index (κ2) is 9.32. The minimum atomic E-state index is -0.282. The van der Waals surface area contributed by atoms with Gasteiger partial charge in [-0.25, -0.2) is 0 Å². The molecule has 28 heavy (non-hydrogen) atoms. The van der Waals surface area contributed by atoms with Crippen molar-refractivity contribution < 1.29 is 14.3 Å². The summed E-state index contributed by atoms with van der Waals surface area (Å²) in [6.07, 6.45) is 1.67. The fraction of sp³-hybridized carbons (Fsp3) is 0.136. The van der Waals surface area contributed by atoms with Gasteiger partial charge in [-0.1, -0.05) is 36.4 Å². The molecule has 0 aliphatic carbocycles. The normalized spacial score (nSPS) is 10.2. The highest BCUT2D eigenvalue weighted by Gasteiger charge is 2.19. The first-order chi connectivity index (χ1) is 13.6. The van der Waals surface area contributed by atoms with Gasteiger partial charge < -0.3 is 10.1 Å². The number of para-hydroxylation sites is 3. The van der Waals surface area contributed by atoms with E-state index in [1.807, 2.05) is 54.6 Å². The first-order valence-corrected chi connectivity index (χ1v) is 8.90. The number of aromatic nitrogens is 1. The Morgan fingerprint density at radius 1 is 0.964 bits per heavy atom. The van der Waals surface area contributed by atoms with Gasteiger partial charge in [0.2, 0.25) is 11.8 Å². The van der Waals surface area contributed by atoms with Gasteiger partial charge in [-0.05, 0) is 36.4 Å². The molecule has 1 heterocycles. The van der Waals surface area contributed by atoms with Crippen molar-refractivity contribution >= 4 is 17.5 Å². The number of benzene rings is 2. The summed E-state index contributed by atoms with van der Waals surface area (Å²) in [7, 11) is 0. The summed E-state index contributed by atoms with van der Waals surface area (Å²) < 4.78 is 5.92. The largest absolute Gasteiger partial charge is 0.455 e. The molecule has 0 unspecified atom stereocenters. The van der Waals surface area contributed by atoms with Crippen LogP contribution in [0.4, 0.5) is 5.69 Å². The van der Waals surface area contributed by atoms with Gasteiger partial charge in [-0.3, -0.25) is 19.5 Å². The summed E-state index contributed by atoms with van der Waals surface area (Å²) in [5.41, 5.74) is 1.28. The van der Waals surface area contributed by atoms with E-state index >= 15 is 0 Å². The van der Waals surface area contributed by atoms with E-state index in [4.69, 9.17) is 4.74 Å². The van der Waals surface area contributed by atoms with E-state index < -0.39 is 0 Å². The maximum absolute atomic E-state index is 12.4. The number of nitrogens with zero attached hydrogens (tertiary/aromatic N) is 2. The average molecular weight is 375 g/mol. The summed E-state index contributed by atoms with van der Waals surface area (Å²) in [4.78, 5) is 30.2. The number of carbonyl (C=O) groups is 2. The van der Waals surface area contributed by atoms with Crippen molar-refractivity contribution in [2.24, 2.45) is 0 Å². The molecule has 0 radical (unpaired) electrons. The molecule has 0 bridgehead atoms. The highest BCUT2D eigenvalue weighted by Crippen LogP contribution is 2.32. The van der Waals surface area contributed by atoms with Crippen LogP contribution in [0, 0.1) is 0 Å². The van der Waals surface area contributed by atoms with Crippen LogP contribution < -0.4 is 15.0 Å². The van der Waals surface area contributed by atoms with Crippen molar-refractivity contribution in [1.82, 2.24) is 10.3 Å². The minimum Gasteiger partial charge on any atom is -0.455 e. The fourth-order valence-electron chi connectivity index (χ4n) is 2.64. The Bertz CT molecular complexity index is 930. The van der Waals surface area contributed by atoms with Gasteiger partial charge in [0, 0.05) is 13.1 Å². The zero-order valence-corrected chi connectivity index (χ0v) is 15.5. The summed E-state index contributed by atoms with van der Waals surface area (Å²) >= 11 is 0. The van der Waals surface area contributed by atoms with Gasteiger partial charge >= 0.3 is 0 Å². The van der Waals surface area contributed by atoms with E-state index in [9.17, 15) is 9.59 Å². The standard InChI is InChI=1S/C22H21N3O3/c1-17(26)25(16-22(27)24-15-18-9-7-8-14-23-18)20-12-5-6-13-21(20)28-19-10-3-2-4-11-19/h2-14H,15-16H2,1H3,(H,24,27). The van der Waals surface area contributed by atoms with Crippen LogP contribution in [0.5, 0.6) is 11.5 Å². The lowest BCUT2D eigenvalue weighted by Crippen LogP contribution is -2.39. The smallest absolute Gasteiger partial charge is 0.240 e. The molecule has 142 valence electrons. The number of pyridine rings is 1. The van der Waals surface area contributed by atoms with E-state index in [-0.39, 0.29) is 18.4 Å². The third-order valence-corrected chi connectivity index (χ3v) is 4.00. The van der Waals surface area contributed by atoms with E-state index in [0.717, 1.165) is 5.69 Å². The third kappa shape index (κ3) is 5.17. The molecule has 0 saturated heterocycles. The Hall–Kier alpha value is -3.67. The van der Waals surface area contributed by atoms with Gasteiger partial charge in [0.05, 0.1) is 17.9 Å². The SMILES string of the molecule is CC(=O)N(CC(=O)NCc1ccccn1)c1ccccc1Oc1ccccc1. The molecule has 3 rings (SSSR count). The molecule has 0 aliphatic rings. The van der Waals surface area contributed by atoms with Crippen molar-refractivity contribution in [2.75, 3.05) is 11.4 Å². The van der Waals surface area contributed by atoms with Crippen LogP contribution >= 0.6 is 0 Å². The molecule has 6 nitrogen and oxygen atoms in total. The summed E-state index contributed by atoms with van der Waals surface area (Å²) in [6, 6.07) is 21.9. The maximum Gasteiger partial charge on any atom is 0.240 e. The van der Waals surface area contributed by atoms with Gasteiger partial charge in [0.25, 0.3) is 0 Å². The lowest BCUT2D eigenvalue weighted by atomic mass is 10.2. The number of nitrogens with one attached hydrogen (secondary N) is 1. The molecule has 0 spiro atoms. The predicted molar refractivity (Wildman–Crippen MR) is 107 cm³/mol. The lowest BCUT2D eigenvalue weighted by molar-refractivity contribution is -0.123. The van der Waals surface area contributed by atoms with E-state index in [0.29, 0.717) is 23.7 Å². The number of amides is 2. The average Bonchev–Trinajstić information content (AvgIpc) is 2.72. The van der Waals surface area contributed by atoms with E-state index in [1.165, 1.54) is 11.8 Å². The quantitative estimate of drug-likeness (QED) is 0.686. The highest BCUT2D eigenvalue weighted by atomic mass is 16.5. The molecule has 0 aliphatic heterocycles. The van der Waals surface area contributed by atoms with Gasteiger partial charge in [-0.15, -0.1) is 0 Å². The van der Waals surface area contributed by atoms with Gasteiger partial charge in [0.15, 0.2) is 5.75 Å². The molecule has 3 aromatic rings. The molecule has 0 atom stereocenters. The zero-order chi connectivity index (χ0) is 19.8. The topological polar surface area (TPSA) is 71.5 Å². The highest BCUT2D eigenvalue weighted by molar-refractivity contribution is 5.98. The first-order valence-electron chi connectivity index (χ1n) is 8.90.